The van der Waals surface area contributed by atoms with Crippen LogP contribution in [0.2, 0.25) is 0 Å². The Balaban J connectivity index is 1.67. The van der Waals surface area contributed by atoms with Gasteiger partial charge in [-0.2, -0.15) is 0 Å². The predicted molar refractivity (Wildman–Crippen MR) is 99.4 cm³/mol. The minimum atomic E-state index is -0.453. The maximum Gasteiger partial charge on any atom is 0.287 e. The Bertz CT molecular complexity index is 842. The molecule has 3 aromatic rings. The van der Waals surface area contributed by atoms with E-state index in [1.807, 2.05) is 42.5 Å². The lowest BCUT2D eigenvalue weighted by Gasteiger charge is -2.19. The number of hydrogen-bond acceptors (Lipinski definition) is 4. The summed E-state index contributed by atoms with van der Waals surface area (Å²) in [5, 5.41) is 5.48. The minimum absolute atomic E-state index is 0.137. The highest BCUT2D eigenvalue weighted by molar-refractivity contribution is 9.10. The first kappa shape index (κ1) is 17.9. The average molecular weight is 414 g/mol. The van der Waals surface area contributed by atoms with E-state index in [-0.39, 0.29) is 24.3 Å². The Hall–Kier alpha value is -2.93. The van der Waals surface area contributed by atoms with E-state index < -0.39 is 5.91 Å². The van der Waals surface area contributed by atoms with Crippen LogP contribution >= 0.6 is 15.9 Å². The summed E-state index contributed by atoms with van der Waals surface area (Å²) in [5.41, 5.74) is 1.84. The second-order valence-electron chi connectivity index (χ2n) is 5.48. The van der Waals surface area contributed by atoms with Crippen molar-refractivity contribution in [3.8, 4) is 0 Å². The summed E-state index contributed by atoms with van der Waals surface area (Å²) in [4.78, 5) is 28.3. The number of pyridine rings is 1. The summed E-state index contributed by atoms with van der Waals surface area (Å²) in [6.07, 6.45) is 3.35. The second kappa shape index (κ2) is 8.44. The Morgan fingerprint density at radius 3 is 2.35 bits per heavy atom. The van der Waals surface area contributed by atoms with Gasteiger partial charge in [0.05, 0.1) is 12.6 Å². The van der Waals surface area contributed by atoms with Crippen LogP contribution in [0.15, 0.2) is 76.1 Å². The Labute approximate surface area is 158 Å². The van der Waals surface area contributed by atoms with Gasteiger partial charge in [-0.05, 0) is 51.3 Å². The molecule has 0 aliphatic heterocycles. The van der Waals surface area contributed by atoms with Crippen LogP contribution in [0.4, 0.5) is 0 Å². The number of carbonyl (C=O) groups excluding carboxylic acids is 2. The first-order valence-electron chi connectivity index (χ1n) is 7.91. The molecule has 1 aromatic carbocycles. The van der Waals surface area contributed by atoms with Crippen molar-refractivity contribution in [2.24, 2.45) is 0 Å². The zero-order chi connectivity index (χ0) is 18.4. The average Bonchev–Trinajstić information content (AvgIpc) is 3.12. The van der Waals surface area contributed by atoms with Gasteiger partial charge in [0.25, 0.3) is 5.91 Å². The van der Waals surface area contributed by atoms with Gasteiger partial charge in [-0.15, -0.1) is 0 Å². The zero-order valence-corrected chi connectivity index (χ0v) is 15.3. The largest absolute Gasteiger partial charge is 0.444 e. The molecule has 6 nitrogen and oxygen atoms in total. The van der Waals surface area contributed by atoms with Gasteiger partial charge in [-0.25, -0.2) is 0 Å². The number of halogens is 1. The monoisotopic (exact) mass is 413 g/mol. The van der Waals surface area contributed by atoms with Crippen LogP contribution in [-0.2, 0) is 4.79 Å². The molecule has 0 aliphatic rings. The fourth-order valence-electron chi connectivity index (χ4n) is 2.46. The molecule has 2 aromatic heterocycles. The lowest BCUT2D eigenvalue weighted by molar-refractivity contribution is -0.120. The maximum atomic E-state index is 12.4. The summed E-state index contributed by atoms with van der Waals surface area (Å²) in [6, 6.07) is 16.1. The smallest absolute Gasteiger partial charge is 0.287 e. The highest BCUT2D eigenvalue weighted by Gasteiger charge is 2.18. The van der Waals surface area contributed by atoms with Crippen molar-refractivity contribution in [2.75, 3.05) is 6.54 Å². The third-order valence-electron chi connectivity index (χ3n) is 3.68. The molecule has 2 heterocycles. The maximum absolute atomic E-state index is 12.4. The van der Waals surface area contributed by atoms with E-state index in [0.717, 1.165) is 11.1 Å². The van der Waals surface area contributed by atoms with E-state index in [1.165, 1.54) is 6.07 Å². The molecular formula is C19H16BrN3O3. The van der Waals surface area contributed by atoms with E-state index in [4.69, 9.17) is 4.42 Å². The molecule has 1 atom stereocenters. The molecule has 132 valence electrons. The van der Waals surface area contributed by atoms with Gasteiger partial charge in [-0.1, -0.05) is 30.3 Å². The molecule has 0 radical (unpaired) electrons. The SMILES string of the molecule is O=C(CNC(=O)c1ccc(Br)o1)NC(c1ccccc1)c1ccncc1. The Morgan fingerprint density at radius 2 is 1.69 bits per heavy atom. The molecule has 7 heteroatoms. The van der Waals surface area contributed by atoms with Crippen LogP contribution in [0, 0.1) is 0 Å². The van der Waals surface area contributed by atoms with Gasteiger partial charge in [-0.3, -0.25) is 14.6 Å². The third kappa shape index (κ3) is 4.58. The predicted octanol–water partition coefficient (Wildman–Crippen LogP) is 3.07. The Kier molecular flexibility index (Phi) is 5.80. The minimum Gasteiger partial charge on any atom is -0.444 e. The van der Waals surface area contributed by atoms with Gasteiger partial charge in [0.15, 0.2) is 10.4 Å². The van der Waals surface area contributed by atoms with Crippen molar-refractivity contribution >= 4 is 27.7 Å². The van der Waals surface area contributed by atoms with E-state index in [1.54, 1.807) is 18.5 Å². The van der Waals surface area contributed by atoms with Crippen molar-refractivity contribution in [1.82, 2.24) is 15.6 Å². The number of aromatic nitrogens is 1. The van der Waals surface area contributed by atoms with E-state index in [0.29, 0.717) is 4.67 Å². The molecule has 1 unspecified atom stereocenters. The quantitative estimate of drug-likeness (QED) is 0.650. The van der Waals surface area contributed by atoms with Crippen molar-refractivity contribution in [3.63, 3.8) is 0 Å². The van der Waals surface area contributed by atoms with Crippen LogP contribution in [0.3, 0.4) is 0 Å². The third-order valence-corrected chi connectivity index (χ3v) is 4.11. The molecule has 3 rings (SSSR count). The number of benzene rings is 1. The van der Waals surface area contributed by atoms with Gasteiger partial charge in [0.2, 0.25) is 5.91 Å². The van der Waals surface area contributed by atoms with Crippen LogP contribution in [0.5, 0.6) is 0 Å². The molecule has 0 saturated carbocycles. The van der Waals surface area contributed by atoms with Gasteiger partial charge >= 0.3 is 0 Å². The molecule has 2 N–H and O–H groups in total. The van der Waals surface area contributed by atoms with Crippen LogP contribution in [0.25, 0.3) is 0 Å². The number of carbonyl (C=O) groups is 2. The Morgan fingerprint density at radius 1 is 1.00 bits per heavy atom. The summed E-state index contributed by atoms with van der Waals surface area (Å²) in [5.74, 6) is -0.626. The number of amides is 2. The van der Waals surface area contributed by atoms with Crippen molar-refractivity contribution in [3.05, 3.63) is 88.5 Å². The van der Waals surface area contributed by atoms with E-state index >= 15 is 0 Å². The highest BCUT2D eigenvalue weighted by atomic mass is 79.9. The molecule has 2 amide bonds. The fraction of sp³-hybridized carbons (Fsp3) is 0.105. The van der Waals surface area contributed by atoms with Crippen molar-refractivity contribution < 1.29 is 14.0 Å². The zero-order valence-electron chi connectivity index (χ0n) is 13.7. The first-order valence-corrected chi connectivity index (χ1v) is 8.70. The summed E-state index contributed by atoms with van der Waals surface area (Å²) in [7, 11) is 0. The van der Waals surface area contributed by atoms with Gasteiger partial charge in [0.1, 0.15) is 0 Å². The van der Waals surface area contributed by atoms with Gasteiger partial charge < -0.3 is 15.1 Å². The first-order chi connectivity index (χ1) is 12.6. The number of hydrogen-bond donors (Lipinski definition) is 2. The van der Waals surface area contributed by atoms with Crippen molar-refractivity contribution in [2.45, 2.75) is 6.04 Å². The van der Waals surface area contributed by atoms with Crippen LogP contribution in [-0.4, -0.2) is 23.3 Å². The lowest BCUT2D eigenvalue weighted by atomic mass is 10.00. The number of rotatable bonds is 6. The second-order valence-corrected chi connectivity index (χ2v) is 6.26. The van der Waals surface area contributed by atoms with E-state index in [9.17, 15) is 9.59 Å². The topological polar surface area (TPSA) is 84.2 Å². The molecule has 0 aliphatic carbocycles. The number of furan rings is 1. The molecular weight excluding hydrogens is 398 g/mol. The normalized spacial score (nSPS) is 11.6. The fourth-order valence-corrected chi connectivity index (χ4v) is 2.76. The summed E-state index contributed by atoms with van der Waals surface area (Å²) < 4.78 is 5.62. The van der Waals surface area contributed by atoms with Crippen molar-refractivity contribution in [1.29, 1.82) is 0 Å². The summed E-state index contributed by atoms with van der Waals surface area (Å²) in [6.45, 7) is -0.161. The number of nitrogens with zero attached hydrogens (tertiary/aromatic N) is 1. The van der Waals surface area contributed by atoms with E-state index in [2.05, 4.69) is 31.5 Å². The number of nitrogens with one attached hydrogen (secondary N) is 2. The summed E-state index contributed by atoms with van der Waals surface area (Å²) >= 11 is 3.13. The molecule has 0 saturated heterocycles. The lowest BCUT2D eigenvalue weighted by Crippen LogP contribution is -2.39. The van der Waals surface area contributed by atoms with Gasteiger partial charge in [0, 0.05) is 12.4 Å². The molecule has 0 spiro atoms. The molecule has 0 bridgehead atoms. The van der Waals surface area contributed by atoms with Crippen LogP contribution in [0.1, 0.15) is 27.7 Å². The molecule has 26 heavy (non-hydrogen) atoms. The molecule has 0 fully saturated rings. The standard InChI is InChI=1S/C19H16BrN3O3/c20-16-7-6-15(26-16)19(25)22-12-17(24)23-18(13-4-2-1-3-5-13)14-8-10-21-11-9-14/h1-11,18H,12H2,(H,22,25)(H,23,24). The highest BCUT2D eigenvalue weighted by Crippen LogP contribution is 2.21. The van der Waals surface area contributed by atoms with Crippen LogP contribution < -0.4 is 10.6 Å².